The van der Waals surface area contributed by atoms with Gasteiger partial charge in [0, 0.05) is 11.1 Å². The van der Waals surface area contributed by atoms with Crippen LogP contribution in [0.15, 0.2) is 24.3 Å². The summed E-state index contributed by atoms with van der Waals surface area (Å²) in [6, 6.07) is 0. The Hall–Kier alpha value is -1.71. The maximum absolute atomic E-state index is 12.0. The smallest absolute Gasteiger partial charge is 0.334 e. The third-order valence-corrected chi connectivity index (χ3v) is 19.4. The van der Waals surface area contributed by atoms with Crippen LogP contribution in [0.4, 0.5) is 0 Å². The van der Waals surface area contributed by atoms with Crippen LogP contribution in [0.25, 0.3) is 0 Å². The van der Waals surface area contributed by atoms with Crippen molar-refractivity contribution >= 4 is 45.7 Å². The molecule has 0 aromatic carbocycles. The molecule has 0 rings (SSSR count). The molecule has 0 radical (unpaired) electrons. The summed E-state index contributed by atoms with van der Waals surface area (Å²) in [4.78, 5) is 24.0. The van der Waals surface area contributed by atoms with Gasteiger partial charge in [-0.25, -0.2) is 9.59 Å². The Labute approximate surface area is 203 Å². The molecule has 0 aliphatic carbocycles. The minimum atomic E-state index is -2.79. The summed E-state index contributed by atoms with van der Waals surface area (Å²) in [6.07, 6.45) is 11.3. The van der Waals surface area contributed by atoms with Crippen molar-refractivity contribution in [1.29, 1.82) is 0 Å². The molecule has 0 amide bonds. The van der Waals surface area contributed by atoms with Crippen LogP contribution in [0.1, 0.15) is 13.8 Å². The Morgan fingerprint density at radius 2 is 0.939 bits per heavy atom. The standard InChI is InChI=1S/C22H38O7Si4/c1-15-19(25-21(23)17(3)4)30(7,8)27-32(11,12)29-33(13,14)28-31(9,10)20(16-2)26-22(24)18(5)6/h1-2,19-20H,3,5H2,4,6-14H3. The second kappa shape index (κ2) is 11.6. The molecule has 0 heterocycles. The van der Waals surface area contributed by atoms with Gasteiger partial charge in [0.25, 0.3) is 0 Å². The monoisotopic (exact) mass is 526 g/mol. The van der Waals surface area contributed by atoms with Crippen molar-refractivity contribution in [3.05, 3.63) is 24.3 Å². The van der Waals surface area contributed by atoms with E-state index in [0.717, 1.165) is 0 Å². The van der Waals surface area contributed by atoms with E-state index < -0.39 is 57.1 Å². The Kier molecular flexibility index (Phi) is 11.0. The SMILES string of the molecule is C#CC(OC(=O)C(=C)C)[Si](C)(C)O[Si](C)(C)O[Si](C)(C)O[Si](C)(C)C(C#C)OC(=O)C(=C)C. The molecule has 0 saturated heterocycles. The highest BCUT2D eigenvalue weighted by molar-refractivity contribution is 6.90. The van der Waals surface area contributed by atoms with Crippen LogP contribution in [0.2, 0.25) is 52.4 Å². The third-order valence-electron chi connectivity index (χ3n) is 4.22. The maximum atomic E-state index is 12.0. The minimum Gasteiger partial charge on any atom is -0.447 e. The van der Waals surface area contributed by atoms with Crippen molar-refractivity contribution in [1.82, 2.24) is 0 Å². The fraction of sp³-hybridized carbons (Fsp3) is 0.545. The zero-order valence-electron chi connectivity index (χ0n) is 21.6. The van der Waals surface area contributed by atoms with Gasteiger partial charge in [-0.05, 0) is 66.2 Å². The zero-order chi connectivity index (χ0) is 26.4. The summed E-state index contributed by atoms with van der Waals surface area (Å²) in [5.74, 6) is 3.95. The van der Waals surface area contributed by atoms with Crippen LogP contribution in [-0.2, 0) is 31.4 Å². The number of terminal acetylenes is 2. The first kappa shape index (κ1) is 31.3. The van der Waals surface area contributed by atoms with E-state index >= 15 is 0 Å². The van der Waals surface area contributed by atoms with Crippen LogP contribution in [0.3, 0.4) is 0 Å². The number of hydrogen-bond donors (Lipinski definition) is 0. The summed E-state index contributed by atoms with van der Waals surface area (Å²) in [5, 5.41) is 0. The molecule has 33 heavy (non-hydrogen) atoms. The number of hydrogen-bond acceptors (Lipinski definition) is 7. The topological polar surface area (TPSA) is 80.3 Å². The van der Waals surface area contributed by atoms with Crippen LogP contribution in [0.5, 0.6) is 0 Å². The van der Waals surface area contributed by atoms with E-state index in [0.29, 0.717) is 0 Å². The third kappa shape index (κ3) is 10.4. The van der Waals surface area contributed by atoms with Crippen molar-refractivity contribution in [3.63, 3.8) is 0 Å². The Morgan fingerprint density at radius 3 is 1.15 bits per heavy atom. The van der Waals surface area contributed by atoms with Crippen molar-refractivity contribution in [2.24, 2.45) is 0 Å². The highest BCUT2D eigenvalue weighted by Gasteiger charge is 2.48. The summed E-state index contributed by atoms with van der Waals surface area (Å²) >= 11 is 0. The quantitative estimate of drug-likeness (QED) is 0.163. The number of ether oxygens (including phenoxy) is 2. The first-order valence-electron chi connectivity index (χ1n) is 10.5. The van der Waals surface area contributed by atoms with Crippen molar-refractivity contribution in [2.75, 3.05) is 0 Å². The number of rotatable bonds is 12. The van der Waals surface area contributed by atoms with E-state index in [2.05, 4.69) is 25.0 Å². The predicted molar refractivity (Wildman–Crippen MR) is 140 cm³/mol. The van der Waals surface area contributed by atoms with Gasteiger partial charge in [-0.1, -0.05) is 25.0 Å². The summed E-state index contributed by atoms with van der Waals surface area (Å²) in [7, 11) is -11.0. The number of carbonyl (C=O) groups excluding carboxylic acids is 2. The Morgan fingerprint density at radius 1 is 0.667 bits per heavy atom. The Bertz CT molecular complexity index is 793. The maximum Gasteiger partial charge on any atom is 0.334 e. The molecule has 0 spiro atoms. The van der Waals surface area contributed by atoms with Gasteiger partial charge in [0.1, 0.15) is 0 Å². The van der Waals surface area contributed by atoms with Crippen LogP contribution in [-0.4, -0.2) is 57.1 Å². The molecule has 184 valence electrons. The van der Waals surface area contributed by atoms with E-state index in [4.69, 9.17) is 34.7 Å². The fourth-order valence-corrected chi connectivity index (χ4v) is 21.6. The lowest BCUT2D eigenvalue weighted by molar-refractivity contribution is -0.140. The van der Waals surface area contributed by atoms with Crippen molar-refractivity contribution in [2.45, 2.75) is 77.7 Å². The van der Waals surface area contributed by atoms with E-state index in [1.807, 2.05) is 52.4 Å². The fourth-order valence-electron chi connectivity index (χ4n) is 3.18. The molecular formula is C22H38O7Si4. The second-order valence-corrected chi connectivity index (χ2v) is 25.3. The van der Waals surface area contributed by atoms with Gasteiger partial charge in [-0.2, -0.15) is 0 Å². The normalized spacial score (nSPS) is 14.3. The molecule has 0 saturated carbocycles. The van der Waals surface area contributed by atoms with Gasteiger partial charge in [0.2, 0.25) is 16.6 Å². The molecular weight excluding hydrogens is 489 g/mol. The number of esters is 2. The first-order valence-corrected chi connectivity index (χ1v) is 22.1. The van der Waals surface area contributed by atoms with Crippen LogP contribution >= 0.6 is 0 Å². The van der Waals surface area contributed by atoms with Gasteiger partial charge in [-0.3, -0.25) is 0 Å². The molecule has 0 aliphatic rings. The first-order chi connectivity index (χ1) is 14.7. The lowest BCUT2D eigenvalue weighted by Gasteiger charge is -2.42. The average Bonchev–Trinajstić information content (AvgIpc) is 2.59. The molecule has 0 aromatic heterocycles. The van der Waals surface area contributed by atoms with E-state index in [9.17, 15) is 9.59 Å². The average molecular weight is 527 g/mol. The molecule has 0 bridgehead atoms. The summed E-state index contributed by atoms with van der Waals surface area (Å²) in [5.41, 5.74) is -1.09. The van der Waals surface area contributed by atoms with Gasteiger partial charge >= 0.3 is 29.1 Å². The van der Waals surface area contributed by atoms with Crippen molar-refractivity contribution < 1.29 is 31.4 Å². The van der Waals surface area contributed by atoms with E-state index in [1.165, 1.54) is 0 Å². The van der Waals surface area contributed by atoms with Gasteiger partial charge in [-0.15, -0.1) is 12.8 Å². The minimum absolute atomic E-state index is 0.261. The highest BCUT2D eigenvalue weighted by Crippen LogP contribution is 2.27. The molecule has 0 aliphatic heterocycles. The van der Waals surface area contributed by atoms with Crippen molar-refractivity contribution in [3.8, 4) is 24.7 Å². The van der Waals surface area contributed by atoms with E-state index in [1.54, 1.807) is 13.8 Å². The van der Waals surface area contributed by atoms with E-state index in [-0.39, 0.29) is 11.1 Å². The molecule has 2 atom stereocenters. The zero-order valence-corrected chi connectivity index (χ0v) is 25.6. The van der Waals surface area contributed by atoms with Crippen LogP contribution in [0, 0.1) is 24.7 Å². The predicted octanol–water partition coefficient (Wildman–Crippen LogP) is 4.17. The lowest BCUT2D eigenvalue weighted by Crippen LogP contribution is -2.61. The van der Waals surface area contributed by atoms with Gasteiger partial charge in [0.15, 0.2) is 11.5 Å². The summed E-state index contributed by atoms with van der Waals surface area (Å²) in [6.45, 7) is 25.4. The molecule has 0 fully saturated rings. The molecule has 2 unspecified atom stereocenters. The summed E-state index contributed by atoms with van der Waals surface area (Å²) < 4.78 is 30.1. The molecule has 11 heteroatoms. The number of carbonyl (C=O) groups is 2. The lowest BCUT2D eigenvalue weighted by atomic mass is 10.4. The molecule has 0 N–H and O–H groups in total. The Balaban J connectivity index is 5.52. The van der Waals surface area contributed by atoms with Gasteiger partial charge < -0.3 is 21.8 Å². The molecule has 7 nitrogen and oxygen atoms in total. The molecule has 0 aromatic rings. The van der Waals surface area contributed by atoms with Gasteiger partial charge in [0.05, 0.1) is 0 Å². The highest BCUT2D eigenvalue weighted by atomic mass is 28.5. The van der Waals surface area contributed by atoms with Crippen LogP contribution < -0.4 is 0 Å². The largest absolute Gasteiger partial charge is 0.447 e. The second-order valence-electron chi connectivity index (χ2n) is 9.78.